The highest BCUT2D eigenvalue weighted by Gasteiger charge is 2.20. The molecule has 6 nitrogen and oxygen atoms in total. The van der Waals surface area contributed by atoms with Crippen LogP contribution in [0.2, 0.25) is 0 Å². The molecule has 2 N–H and O–H groups in total. The summed E-state index contributed by atoms with van der Waals surface area (Å²) in [6.07, 6.45) is 1.82. The first-order valence-electron chi connectivity index (χ1n) is 6.51. The quantitative estimate of drug-likeness (QED) is 0.883. The summed E-state index contributed by atoms with van der Waals surface area (Å²) in [5.41, 5.74) is 6.12. The molecule has 7 heteroatoms. The summed E-state index contributed by atoms with van der Waals surface area (Å²) < 4.78 is 5.26. The van der Waals surface area contributed by atoms with E-state index < -0.39 is 0 Å². The second-order valence-electron chi connectivity index (χ2n) is 4.57. The van der Waals surface area contributed by atoms with E-state index in [-0.39, 0.29) is 18.4 Å². The zero-order valence-electron chi connectivity index (χ0n) is 11.7. The Morgan fingerprint density at radius 2 is 2.48 bits per heavy atom. The van der Waals surface area contributed by atoms with Gasteiger partial charge in [0.1, 0.15) is 16.5 Å². The lowest BCUT2D eigenvalue weighted by Crippen LogP contribution is -2.31. The van der Waals surface area contributed by atoms with Crippen LogP contribution in [0.4, 0.5) is 0 Å². The molecule has 2 aromatic rings. The topological polar surface area (TPSA) is 96.1 Å². The number of nitrogens with two attached hydrogens (primary N) is 1. The molecule has 0 fully saturated rings. The standard InChI is InChI=1S/C14H16N4O2S/c1-10(16)13-17-12(9-21-13)14(19)18(6-3-5-15)8-11-4-2-7-20-11/h2,4,7,9-10H,3,6,8,16H2,1H3. The smallest absolute Gasteiger partial charge is 0.273 e. The Kier molecular flexibility index (Phi) is 5.09. The molecule has 0 saturated heterocycles. The first-order valence-corrected chi connectivity index (χ1v) is 7.39. The second-order valence-corrected chi connectivity index (χ2v) is 5.46. The molecule has 2 heterocycles. The molecule has 21 heavy (non-hydrogen) atoms. The van der Waals surface area contributed by atoms with Crippen molar-refractivity contribution < 1.29 is 9.21 Å². The molecule has 0 aliphatic carbocycles. The molecule has 0 aliphatic rings. The van der Waals surface area contributed by atoms with Gasteiger partial charge in [-0.15, -0.1) is 11.3 Å². The Hall–Kier alpha value is -2.17. The van der Waals surface area contributed by atoms with Crippen LogP contribution < -0.4 is 5.73 Å². The van der Waals surface area contributed by atoms with Gasteiger partial charge in [-0.2, -0.15) is 5.26 Å². The van der Waals surface area contributed by atoms with E-state index in [0.29, 0.717) is 24.5 Å². The summed E-state index contributed by atoms with van der Waals surface area (Å²) in [4.78, 5) is 18.3. The van der Waals surface area contributed by atoms with Gasteiger partial charge in [0.05, 0.1) is 31.3 Å². The molecule has 0 saturated carbocycles. The minimum Gasteiger partial charge on any atom is -0.467 e. The second kappa shape index (κ2) is 7.02. The van der Waals surface area contributed by atoms with Crippen molar-refractivity contribution >= 4 is 17.2 Å². The first-order chi connectivity index (χ1) is 10.1. The maximum Gasteiger partial charge on any atom is 0.273 e. The Bertz CT molecular complexity index is 628. The van der Waals surface area contributed by atoms with Crippen molar-refractivity contribution in [3.63, 3.8) is 0 Å². The van der Waals surface area contributed by atoms with E-state index in [0.717, 1.165) is 5.01 Å². The fraction of sp³-hybridized carbons (Fsp3) is 0.357. The van der Waals surface area contributed by atoms with Crippen molar-refractivity contribution in [2.45, 2.75) is 25.9 Å². The summed E-state index contributed by atoms with van der Waals surface area (Å²) in [7, 11) is 0. The van der Waals surface area contributed by atoms with Crippen LogP contribution in [-0.4, -0.2) is 22.3 Å². The highest BCUT2D eigenvalue weighted by atomic mass is 32.1. The van der Waals surface area contributed by atoms with Crippen molar-refractivity contribution in [1.29, 1.82) is 5.26 Å². The maximum atomic E-state index is 12.5. The van der Waals surface area contributed by atoms with Gasteiger partial charge in [0.25, 0.3) is 5.91 Å². The van der Waals surface area contributed by atoms with E-state index in [4.69, 9.17) is 15.4 Å². The Balaban J connectivity index is 2.14. The van der Waals surface area contributed by atoms with E-state index in [1.807, 2.05) is 13.0 Å². The van der Waals surface area contributed by atoms with E-state index >= 15 is 0 Å². The van der Waals surface area contributed by atoms with Gasteiger partial charge in [0.2, 0.25) is 0 Å². The van der Waals surface area contributed by atoms with Crippen LogP contribution in [0.25, 0.3) is 0 Å². The van der Waals surface area contributed by atoms with Gasteiger partial charge < -0.3 is 15.1 Å². The lowest BCUT2D eigenvalue weighted by Gasteiger charge is -2.19. The summed E-state index contributed by atoms with van der Waals surface area (Å²) >= 11 is 1.36. The van der Waals surface area contributed by atoms with E-state index in [2.05, 4.69) is 4.98 Å². The Morgan fingerprint density at radius 3 is 3.05 bits per heavy atom. The van der Waals surface area contributed by atoms with Crippen LogP contribution in [0.15, 0.2) is 28.2 Å². The molecular weight excluding hydrogens is 288 g/mol. The molecule has 2 rings (SSSR count). The minimum atomic E-state index is -0.218. The fourth-order valence-electron chi connectivity index (χ4n) is 1.79. The lowest BCUT2D eigenvalue weighted by molar-refractivity contribution is 0.0730. The molecule has 110 valence electrons. The number of nitriles is 1. The normalized spacial score (nSPS) is 11.9. The van der Waals surface area contributed by atoms with Gasteiger partial charge in [0.15, 0.2) is 0 Å². The van der Waals surface area contributed by atoms with Crippen LogP contribution in [0.3, 0.4) is 0 Å². The number of nitrogens with zero attached hydrogens (tertiary/aromatic N) is 3. The SMILES string of the molecule is CC(N)c1nc(C(=O)N(CCC#N)Cc2ccco2)cs1. The number of hydrogen-bond acceptors (Lipinski definition) is 6. The largest absolute Gasteiger partial charge is 0.467 e. The van der Waals surface area contributed by atoms with Gasteiger partial charge >= 0.3 is 0 Å². The Labute approximate surface area is 126 Å². The number of carbonyl (C=O) groups excluding carboxylic acids is 1. The highest BCUT2D eigenvalue weighted by molar-refractivity contribution is 7.09. The van der Waals surface area contributed by atoms with Crippen molar-refractivity contribution in [3.05, 3.63) is 40.2 Å². The van der Waals surface area contributed by atoms with Crippen LogP contribution in [0.5, 0.6) is 0 Å². The summed E-state index contributed by atoms with van der Waals surface area (Å²) in [5.74, 6) is 0.453. The van der Waals surface area contributed by atoms with Crippen LogP contribution in [0, 0.1) is 11.3 Å². The predicted octanol–water partition coefficient (Wildman–Crippen LogP) is 2.31. The van der Waals surface area contributed by atoms with Gasteiger partial charge in [-0.25, -0.2) is 4.98 Å². The lowest BCUT2D eigenvalue weighted by atomic mass is 10.3. The van der Waals surface area contributed by atoms with Gasteiger partial charge in [-0.1, -0.05) is 0 Å². The third-order valence-electron chi connectivity index (χ3n) is 2.84. The fourth-order valence-corrected chi connectivity index (χ4v) is 2.54. The molecule has 0 spiro atoms. The molecule has 1 amide bonds. The van der Waals surface area contributed by atoms with Crippen molar-refractivity contribution in [1.82, 2.24) is 9.88 Å². The van der Waals surface area contributed by atoms with E-state index in [1.165, 1.54) is 11.3 Å². The number of amides is 1. The van der Waals surface area contributed by atoms with Crippen molar-refractivity contribution in [2.24, 2.45) is 5.73 Å². The minimum absolute atomic E-state index is 0.200. The number of hydrogen-bond donors (Lipinski definition) is 1. The molecule has 0 bridgehead atoms. The van der Waals surface area contributed by atoms with Gasteiger partial charge in [0, 0.05) is 11.9 Å². The molecule has 1 atom stereocenters. The Morgan fingerprint density at radius 1 is 1.67 bits per heavy atom. The average Bonchev–Trinajstić information content (AvgIpc) is 3.13. The number of carbonyl (C=O) groups is 1. The summed E-state index contributed by atoms with van der Waals surface area (Å²) in [6.45, 7) is 2.48. The maximum absolute atomic E-state index is 12.5. The number of rotatable bonds is 6. The third kappa shape index (κ3) is 3.90. The summed E-state index contributed by atoms with van der Waals surface area (Å²) in [6, 6.07) is 5.40. The number of thiazole rings is 1. The van der Waals surface area contributed by atoms with E-state index in [9.17, 15) is 4.79 Å². The highest BCUT2D eigenvalue weighted by Crippen LogP contribution is 2.18. The van der Waals surface area contributed by atoms with Crippen molar-refractivity contribution in [3.8, 4) is 6.07 Å². The van der Waals surface area contributed by atoms with Crippen molar-refractivity contribution in [2.75, 3.05) is 6.54 Å². The van der Waals surface area contributed by atoms with Crippen LogP contribution in [-0.2, 0) is 6.54 Å². The number of aromatic nitrogens is 1. The molecule has 0 aliphatic heterocycles. The molecular formula is C14H16N4O2S. The molecule has 2 aromatic heterocycles. The zero-order valence-corrected chi connectivity index (χ0v) is 12.5. The third-order valence-corrected chi connectivity index (χ3v) is 3.88. The van der Waals surface area contributed by atoms with Crippen LogP contribution in [0.1, 0.15) is 40.6 Å². The van der Waals surface area contributed by atoms with Gasteiger partial charge in [-0.3, -0.25) is 4.79 Å². The zero-order chi connectivity index (χ0) is 15.2. The summed E-state index contributed by atoms with van der Waals surface area (Å²) in [5, 5.41) is 11.1. The van der Waals surface area contributed by atoms with E-state index in [1.54, 1.807) is 28.7 Å². The molecule has 0 aromatic carbocycles. The number of furan rings is 1. The van der Waals surface area contributed by atoms with Gasteiger partial charge in [-0.05, 0) is 19.1 Å². The molecule has 1 unspecified atom stereocenters. The average molecular weight is 304 g/mol. The predicted molar refractivity (Wildman–Crippen MR) is 78.4 cm³/mol. The molecule has 0 radical (unpaired) electrons. The first kappa shape index (κ1) is 15.2. The monoisotopic (exact) mass is 304 g/mol. The van der Waals surface area contributed by atoms with Crippen LogP contribution >= 0.6 is 11.3 Å².